The van der Waals surface area contributed by atoms with Crippen molar-refractivity contribution in [1.82, 2.24) is 5.06 Å². The Hall–Kier alpha value is -2.75. The van der Waals surface area contributed by atoms with Crippen LogP contribution in [0.15, 0.2) is 54.6 Å². The average Bonchev–Trinajstić information content (AvgIpc) is 2.66. The highest BCUT2D eigenvalue weighted by Crippen LogP contribution is 2.40. The molecule has 3 rings (SSSR count). The number of para-hydroxylation sites is 1. The molecule has 2 amide bonds. The maximum absolute atomic E-state index is 12.8. The summed E-state index contributed by atoms with van der Waals surface area (Å²) in [6.45, 7) is -0.533. The van der Waals surface area contributed by atoms with Crippen LogP contribution in [0.1, 0.15) is 11.1 Å². The summed E-state index contributed by atoms with van der Waals surface area (Å²) in [5.41, 5.74) is 0.336. The molecule has 0 bridgehead atoms. The van der Waals surface area contributed by atoms with Gasteiger partial charge in [0.15, 0.2) is 0 Å². The van der Waals surface area contributed by atoms with E-state index in [9.17, 15) is 19.7 Å². The van der Waals surface area contributed by atoms with Crippen LogP contribution in [0.2, 0.25) is 0 Å². The fourth-order valence-corrected chi connectivity index (χ4v) is 2.84. The van der Waals surface area contributed by atoms with Gasteiger partial charge in [0.25, 0.3) is 11.6 Å². The first-order valence-corrected chi connectivity index (χ1v) is 8.02. The van der Waals surface area contributed by atoms with Crippen molar-refractivity contribution in [2.24, 2.45) is 0 Å². The summed E-state index contributed by atoms with van der Waals surface area (Å²) < 4.78 is 5.29. The highest BCUT2D eigenvalue weighted by atomic mass is 32.1. The number of amides is 2. The summed E-state index contributed by atoms with van der Waals surface area (Å²) in [6, 6.07) is 14.5. The van der Waals surface area contributed by atoms with E-state index in [2.05, 4.69) is 12.6 Å². The van der Waals surface area contributed by atoms with Gasteiger partial charge in [0.05, 0.1) is 10.5 Å². The third-order valence-corrected chi connectivity index (χ3v) is 4.34. The highest BCUT2D eigenvalue weighted by molar-refractivity contribution is 7.82. The number of benzene rings is 2. The van der Waals surface area contributed by atoms with Crippen LogP contribution in [0.4, 0.5) is 5.69 Å². The van der Waals surface area contributed by atoms with Crippen molar-refractivity contribution in [3.05, 3.63) is 75.8 Å². The molecule has 134 valence electrons. The van der Waals surface area contributed by atoms with Gasteiger partial charge in [0.2, 0.25) is 4.93 Å². The minimum atomic E-state index is -2.01. The van der Waals surface area contributed by atoms with Crippen LogP contribution < -0.4 is 0 Å². The number of nitrogens with zero attached hydrogens (tertiary/aromatic N) is 2. The summed E-state index contributed by atoms with van der Waals surface area (Å²) in [7, 11) is 0. The third-order valence-electron chi connectivity index (χ3n) is 3.77. The Morgan fingerprint density at radius 3 is 2.50 bits per heavy atom. The molecular formula is C17H14N2O6S. The molecule has 1 atom stereocenters. The maximum atomic E-state index is 12.8. The number of ether oxygens (including phenoxy) is 1. The Morgan fingerprint density at radius 1 is 1.15 bits per heavy atom. The fraction of sp³-hybridized carbons (Fsp3) is 0.176. The quantitative estimate of drug-likeness (QED) is 0.373. The topological polar surface area (TPSA) is 99.0 Å². The van der Waals surface area contributed by atoms with Crippen molar-refractivity contribution in [3.8, 4) is 0 Å². The van der Waals surface area contributed by atoms with Crippen LogP contribution in [-0.2, 0) is 30.7 Å². The standard InChI is InChI=1S/C17H14N2O6S/c20-15-11-24-17(26,13-8-4-5-9-14(13)19(22)23)16(21)18(15)25-10-12-6-2-1-3-7-12/h1-9,26H,10-11H2. The molecule has 0 radical (unpaired) electrons. The van der Waals surface area contributed by atoms with Gasteiger partial charge < -0.3 is 4.74 Å². The molecule has 1 aliphatic rings. The zero-order chi connectivity index (χ0) is 18.7. The highest BCUT2D eigenvalue weighted by Gasteiger charge is 2.51. The lowest BCUT2D eigenvalue weighted by Gasteiger charge is -2.35. The van der Waals surface area contributed by atoms with Crippen molar-refractivity contribution >= 4 is 30.1 Å². The molecule has 1 heterocycles. The first-order chi connectivity index (χ1) is 12.4. The Kier molecular flexibility index (Phi) is 5.03. The number of nitro groups is 1. The summed E-state index contributed by atoms with van der Waals surface area (Å²) in [4.78, 5) is 38.8. The Labute approximate surface area is 153 Å². The van der Waals surface area contributed by atoms with Crippen LogP contribution in [0, 0.1) is 10.1 Å². The van der Waals surface area contributed by atoms with Crippen molar-refractivity contribution in [2.75, 3.05) is 6.61 Å². The van der Waals surface area contributed by atoms with Crippen LogP contribution in [0.3, 0.4) is 0 Å². The Morgan fingerprint density at radius 2 is 1.81 bits per heavy atom. The van der Waals surface area contributed by atoms with Gasteiger partial charge >= 0.3 is 5.91 Å². The predicted octanol–water partition coefficient (Wildman–Crippen LogP) is 2.19. The summed E-state index contributed by atoms with van der Waals surface area (Å²) in [5.74, 6) is -1.66. The molecule has 2 aromatic carbocycles. The van der Waals surface area contributed by atoms with Gasteiger partial charge in [-0.1, -0.05) is 42.5 Å². The first kappa shape index (κ1) is 18.1. The zero-order valence-electron chi connectivity index (χ0n) is 13.4. The number of rotatable bonds is 5. The van der Waals surface area contributed by atoms with Gasteiger partial charge in [0, 0.05) is 6.07 Å². The normalized spacial score (nSPS) is 20.3. The van der Waals surface area contributed by atoms with E-state index in [0.717, 1.165) is 5.56 Å². The Bertz CT molecular complexity index is 859. The number of carbonyl (C=O) groups excluding carboxylic acids is 2. The van der Waals surface area contributed by atoms with E-state index < -0.39 is 28.3 Å². The molecule has 9 heteroatoms. The number of nitro benzene ring substituents is 1. The molecule has 0 aromatic heterocycles. The second-order valence-electron chi connectivity index (χ2n) is 5.46. The van der Waals surface area contributed by atoms with Crippen molar-refractivity contribution in [2.45, 2.75) is 11.5 Å². The number of hydrogen-bond donors (Lipinski definition) is 1. The number of imide groups is 1. The lowest BCUT2D eigenvalue weighted by Crippen LogP contribution is -2.54. The molecule has 0 saturated carbocycles. The van der Waals surface area contributed by atoms with Gasteiger partial charge in [-0.2, -0.15) is 0 Å². The number of morpholine rings is 1. The average molecular weight is 374 g/mol. The molecule has 0 aliphatic carbocycles. The molecule has 1 unspecified atom stereocenters. The molecule has 0 spiro atoms. The maximum Gasteiger partial charge on any atom is 0.301 e. The summed E-state index contributed by atoms with van der Waals surface area (Å²) >= 11 is 4.23. The van der Waals surface area contributed by atoms with E-state index in [4.69, 9.17) is 9.57 Å². The van der Waals surface area contributed by atoms with E-state index in [1.807, 2.05) is 6.07 Å². The molecule has 26 heavy (non-hydrogen) atoms. The predicted molar refractivity (Wildman–Crippen MR) is 92.8 cm³/mol. The van der Waals surface area contributed by atoms with E-state index >= 15 is 0 Å². The number of thiol groups is 1. The number of hydrogen-bond acceptors (Lipinski definition) is 7. The van der Waals surface area contributed by atoms with Crippen LogP contribution >= 0.6 is 12.6 Å². The second kappa shape index (κ2) is 7.24. The summed E-state index contributed by atoms with van der Waals surface area (Å²) in [6.07, 6.45) is 0. The second-order valence-corrected chi connectivity index (χ2v) is 6.09. The van der Waals surface area contributed by atoms with Crippen LogP contribution in [-0.4, -0.2) is 28.4 Å². The van der Waals surface area contributed by atoms with Gasteiger partial charge in [-0.05, 0) is 11.6 Å². The van der Waals surface area contributed by atoms with Gasteiger partial charge in [0.1, 0.15) is 13.2 Å². The molecule has 1 saturated heterocycles. The minimum absolute atomic E-state index is 0.0287. The van der Waals surface area contributed by atoms with Crippen LogP contribution in [0.5, 0.6) is 0 Å². The lowest BCUT2D eigenvalue weighted by atomic mass is 10.0. The van der Waals surface area contributed by atoms with Gasteiger partial charge in [-0.25, -0.2) is 0 Å². The summed E-state index contributed by atoms with van der Waals surface area (Å²) in [5, 5.41) is 11.8. The largest absolute Gasteiger partial charge is 0.341 e. The number of carbonyl (C=O) groups is 2. The molecule has 1 aliphatic heterocycles. The smallest absolute Gasteiger partial charge is 0.301 e. The lowest BCUT2D eigenvalue weighted by molar-refractivity contribution is -0.386. The van der Waals surface area contributed by atoms with Gasteiger partial charge in [-0.3, -0.25) is 24.5 Å². The van der Waals surface area contributed by atoms with E-state index in [0.29, 0.717) is 5.06 Å². The van der Waals surface area contributed by atoms with Crippen molar-refractivity contribution in [3.63, 3.8) is 0 Å². The van der Waals surface area contributed by atoms with E-state index in [1.54, 1.807) is 24.3 Å². The van der Waals surface area contributed by atoms with E-state index in [-0.39, 0.29) is 17.9 Å². The fourth-order valence-electron chi connectivity index (χ4n) is 2.49. The van der Waals surface area contributed by atoms with Crippen LogP contribution in [0.25, 0.3) is 0 Å². The SMILES string of the molecule is O=C1COC(S)(c2ccccc2[N+](=O)[O-])C(=O)N1OCc1ccccc1. The molecule has 8 nitrogen and oxygen atoms in total. The van der Waals surface area contributed by atoms with Crippen molar-refractivity contribution < 1.29 is 24.1 Å². The Balaban J connectivity index is 1.89. The van der Waals surface area contributed by atoms with Gasteiger partial charge in [-0.15, -0.1) is 17.7 Å². The molecular weight excluding hydrogens is 360 g/mol. The zero-order valence-corrected chi connectivity index (χ0v) is 14.3. The third kappa shape index (κ3) is 3.32. The molecule has 2 aromatic rings. The molecule has 0 N–H and O–H groups in total. The van der Waals surface area contributed by atoms with Crippen molar-refractivity contribution in [1.29, 1.82) is 0 Å². The first-order valence-electron chi connectivity index (χ1n) is 7.58. The monoisotopic (exact) mass is 374 g/mol. The van der Waals surface area contributed by atoms with E-state index in [1.165, 1.54) is 24.3 Å². The minimum Gasteiger partial charge on any atom is -0.341 e. The molecule has 1 fully saturated rings. The number of hydroxylamine groups is 2.